The number of aromatic nitrogens is 1. The van der Waals surface area contributed by atoms with Crippen LogP contribution in [0.5, 0.6) is 5.75 Å². The molecule has 76 valence electrons. The molecule has 1 heterocycles. The number of carbonyl (C=O) groups excluding carboxylic acids is 1. The van der Waals surface area contributed by atoms with Crippen molar-refractivity contribution in [3.05, 3.63) is 23.3 Å². The first kappa shape index (κ1) is 10.8. The van der Waals surface area contributed by atoms with Crippen LogP contribution in [0.1, 0.15) is 22.3 Å². The van der Waals surface area contributed by atoms with Gasteiger partial charge in [-0.2, -0.15) is 4.39 Å². The molecule has 0 aliphatic rings. The number of alkyl halides is 2. The molecule has 1 N–H and O–H groups in total. The van der Waals surface area contributed by atoms with Gasteiger partial charge in [0.1, 0.15) is 0 Å². The fraction of sp³-hybridized carbons (Fsp3) is 0.143. The Labute approximate surface area is 81.1 Å². The molecule has 1 aromatic heterocycles. The Morgan fingerprint density at radius 3 is 2.57 bits per heavy atom. The molecule has 0 saturated carbocycles. The topological polar surface area (TPSA) is 50.2 Å². The molecule has 0 atom stereocenters. The molecule has 0 saturated heterocycles. The molecular weight excluding hydrogens is 223 g/mol. The van der Waals surface area contributed by atoms with Crippen LogP contribution < -0.4 is 0 Å². The number of hydrogen-bond acceptors (Lipinski definition) is 3. The van der Waals surface area contributed by atoms with Crippen molar-refractivity contribution in [2.45, 2.75) is 6.43 Å². The normalized spacial score (nSPS) is 10.6. The van der Waals surface area contributed by atoms with E-state index in [4.69, 9.17) is 16.7 Å². The van der Waals surface area contributed by atoms with Crippen LogP contribution in [0.25, 0.3) is 0 Å². The fourth-order valence-corrected chi connectivity index (χ4v) is 1.02. The molecule has 0 amide bonds. The minimum absolute atomic E-state index is 0.548. The fourth-order valence-electron chi connectivity index (χ4n) is 0.868. The highest BCUT2D eigenvalue weighted by molar-refractivity contribution is 6.67. The molecule has 0 aliphatic heterocycles. The van der Waals surface area contributed by atoms with Crippen molar-refractivity contribution in [2.24, 2.45) is 0 Å². The van der Waals surface area contributed by atoms with Crippen molar-refractivity contribution in [3.63, 3.8) is 0 Å². The van der Waals surface area contributed by atoms with Gasteiger partial charge in [-0.1, -0.05) is 0 Å². The van der Waals surface area contributed by atoms with Crippen LogP contribution in [0.3, 0.4) is 0 Å². The second-order valence-electron chi connectivity index (χ2n) is 2.30. The summed E-state index contributed by atoms with van der Waals surface area (Å²) in [6, 6.07) is 0. The molecular formula is C7H3ClF3NO2. The van der Waals surface area contributed by atoms with Crippen LogP contribution in [0.15, 0.2) is 6.20 Å². The van der Waals surface area contributed by atoms with E-state index in [1.807, 2.05) is 0 Å². The monoisotopic (exact) mass is 225 g/mol. The van der Waals surface area contributed by atoms with Crippen molar-refractivity contribution in [3.8, 4) is 5.75 Å². The quantitative estimate of drug-likeness (QED) is 0.620. The van der Waals surface area contributed by atoms with E-state index in [0.29, 0.717) is 6.20 Å². The van der Waals surface area contributed by atoms with Gasteiger partial charge in [-0.3, -0.25) is 4.79 Å². The first-order chi connectivity index (χ1) is 6.45. The smallest absolute Gasteiger partial charge is 0.268 e. The van der Waals surface area contributed by atoms with Gasteiger partial charge in [0, 0.05) is 6.20 Å². The van der Waals surface area contributed by atoms with Gasteiger partial charge >= 0.3 is 0 Å². The van der Waals surface area contributed by atoms with Gasteiger partial charge in [0.05, 0.1) is 11.1 Å². The van der Waals surface area contributed by atoms with Crippen LogP contribution in [0.4, 0.5) is 13.2 Å². The van der Waals surface area contributed by atoms with E-state index < -0.39 is 34.5 Å². The number of aromatic hydroxyl groups is 1. The number of halogens is 4. The van der Waals surface area contributed by atoms with E-state index in [-0.39, 0.29) is 0 Å². The number of hydrogen-bond donors (Lipinski definition) is 1. The molecule has 7 heteroatoms. The summed E-state index contributed by atoms with van der Waals surface area (Å²) in [5.41, 5.74) is -1.85. The number of pyridine rings is 1. The molecule has 0 aromatic carbocycles. The third kappa shape index (κ3) is 1.79. The molecule has 0 radical (unpaired) electrons. The lowest BCUT2D eigenvalue weighted by molar-refractivity contribution is 0.106. The average molecular weight is 226 g/mol. The van der Waals surface area contributed by atoms with Crippen LogP contribution >= 0.6 is 11.6 Å². The Morgan fingerprint density at radius 1 is 1.57 bits per heavy atom. The van der Waals surface area contributed by atoms with Gasteiger partial charge in [0.25, 0.3) is 17.6 Å². The highest BCUT2D eigenvalue weighted by Gasteiger charge is 2.24. The number of nitrogens with zero attached hydrogens (tertiary/aromatic N) is 1. The van der Waals surface area contributed by atoms with Crippen LogP contribution in [0.2, 0.25) is 0 Å². The Hall–Kier alpha value is -1.30. The third-order valence-electron chi connectivity index (χ3n) is 1.48. The summed E-state index contributed by atoms with van der Waals surface area (Å²) in [6.45, 7) is 0. The molecule has 0 aliphatic carbocycles. The van der Waals surface area contributed by atoms with Crippen molar-refractivity contribution < 1.29 is 23.1 Å². The molecule has 0 spiro atoms. The Kier molecular flexibility index (Phi) is 2.95. The Morgan fingerprint density at radius 2 is 2.14 bits per heavy atom. The Balaban J connectivity index is 3.45. The van der Waals surface area contributed by atoms with Gasteiger partial charge < -0.3 is 5.11 Å². The highest BCUT2D eigenvalue weighted by atomic mass is 35.5. The first-order valence-corrected chi connectivity index (χ1v) is 3.68. The summed E-state index contributed by atoms with van der Waals surface area (Å²) >= 11 is 4.93. The van der Waals surface area contributed by atoms with Gasteiger partial charge in [-0.05, 0) is 11.6 Å². The zero-order valence-corrected chi connectivity index (χ0v) is 7.23. The van der Waals surface area contributed by atoms with Crippen molar-refractivity contribution in [2.75, 3.05) is 0 Å². The lowest BCUT2D eigenvalue weighted by Crippen LogP contribution is -2.02. The lowest BCUT2D eigenvalue weighted by atomic mass is 10.1. The van der Waals surface area contributed by atoms with E-state index in [1.54, 1.807) is 0 Å². The zero-order valence-electron chi connectivity index (χ0n) is 6.47. The van der Waals surface area contributed by atoms with Gasteiger partial charge in [0.15, 0.2) is 5.75 Å². The van der Waals surface area contributed by atoms with E-state index in [0.717, 1.165) is 0 Å². The Bertz CT molecular complexity index is 383. The summed E-state index contributed by atoms with van der Waals surface area (Å²) in [5, 5.41) is 7.64. The molecule has 1 rings (SSSR count). The summed E-state index contributed by atoms with van der Waals surface area (Å²) < 4.78 is 37.1. The second kappa shape index (κ2) is 3.83. The average Bonchev–Trinajstić information content (AvgIpc) is 2.08. The summed E-state index contributed by atoms with van der Waals surface area (Å²) in [5.74, 6) is -2.83. The zero-order chi connectivity index (χ0) is 10.9. The summed E-state index contributed by atoms with van der Waals surface area (Å²) in [6.07, 6.45) is -2.66. The van der Waals surface area contributed by atoms with E-state index >= 15 is 0 Å². The summed E-state index contributed by atoms with van der Waals surface area (Å²) in [7, 11) is 0. The predicted octanol–water partition coefficient (Wildman–Crippen LogP) is 2.24. The van der Waals surface area contributed by atoms with Gasteiger partial charge in [-0.15, -0.1) is 0 Å². The minimum atomic E-state index is -3.20. The van der Waals surface area contributed by atoms with Crippen molar-refractivity contribution in [1.29, 1.82) is 0 Å². The predicted molar refractivity (Wildman–Crippen MR) is 41.0 cm³/mol. The van der Waals surface area contributed by atoms with Crippen molar-refractivity contribution >= 4 is 16.8 Å². The molecule has 3 nitrogen and oxygen atoms in total. The molecule has 0 unspecified atom stereocenters. The SMILES string of the molecule is O=C(Cl)c1cnc(F)c(O)c1C(F)F. The minimum Gasteiger partial charge on any atom is -0.503 e. The maximum absolute atomic E-state index is 12.5. The van der Waals surface area contributed by atoms with Crippen molar-refractivity contribution in [1.82, 2.24) is 4.98 Å². The van der Waals surface area contributed by atoms with E-state index in [9.17, 15) is 18.0 Å². The van der Waals surface area contributed by atoms with E-state index in [1.165, 1.54) is 0 Å². The maximum atomic E-state index is 12.5. The standard InChI is InChI=1S/C7H3ClF3NO2/c8-5(14)2-1-12-7(11)4(13)3(2)6(9)10/h1,6,13H. The number of rotatable bonds is 2. The number of carbonyl (C=O) groups is 1. The highest BCUT2D eigenvalue weighted by Crippen LogP contribution is 2.32. The molecule has 1 aromatic rings. The van der Waals surface area contributed by atoms with Gasteiger partial charge in [0.2, 0.25) is 0 Å². The lowest BCUT2D eigenvalue weighted by Gasteiger charge is -2.06. The van der Waals surface area contributed by atoms with E-state index in [2.05, 4.69) is 4.98 Å². The maximum Gasteiger partial charge on any atom is 0.268 e. The summed E-state index contributed by atoms with van der Waals surface area (Å²) in [4.78, 5) is 13.5. The molecule has 0 fully saturated rings. The largest absolute Gasteiger partial charge is 0.503 e. The molecule has 0 bridgehead atoms. The van der Waals surface area contributed by atoms with Crippen LogP contribution in [-0.2, 0) is 0 Å². The van der Waals surface area contributed by atoms with Crippen LogP contribution in [-0.4, -0.2) is 15.3 Å². The second-order valence-corrected chi connectivity index (χ2v) is 2.64. The molecule has 14 heavy (non-hydrogen) atoms. The third-order valence-corrected chi connectivity index (χ3v) is 1.68. The van der Waals surface area contributed by atoms with Crippen LogP contribution in [0, 0.1) is 5.95 Å². The van der Waals surface area contributed by atoms with Gasteiger partial charge in [-0.25, -0.2) is 13.8 Å². The first-order valence-electron chi connectivity index (χ1n) is 3.30.